The molecule has 92 valence electrons. The molecule has 0 bridgehead atoms. The second kappa shape index (κ2) is 4.27. The van der Waals surface area contributed by atoms with E-state index in [-0.39, 0.29) is 6.10 Å². The van der Waals surface area contributed by atoms with Crippen molar-refractivity contribution in [1.29, 1.82) is 0 Å². The maximum Gasteiger partial charge on any atom is 0.200 e. The van der Waals surface area contributed by atoms with Crippen LogP contribution in [0.4, 0.5) is 0 Å². The van der Waals surface area contributed by atoms with E-state index in [0.29, 0.717) is 11.5 Å². The first-order chi connectivity index (χ1) is 7.92. The first-order valence-electron chi connectivity index (χ1n) is 5.59. The van der Waals surface area contributed by atoms with E-state index in [1.807, 2.05) is 26.8 Å². The van der Waals surface area contributed by atoms with Gasteiger partial charge in [0.15, 0.2) is 0 Å². The molecule has 1 aromatic rings. The quantitative estimate of drug-likeness (QED) is 0.830. The molecule has 1 aliphatic rings. The zero-order valence-electron chi connectivity index (χ0n) is 10.2. The van der Waals surface area contributed by atoms with E-state index < -0.39 is 9.84 Å². The molecular weight excluding hydrogens is 236 g/mol. The van der Waals surface area contributed by atoms with Gasteiger partial charge in [-0.1, -0.05) is 12.1 Å². The Balaban J connectivity index is 2.45. The minimum atomic E-state index is -3.27. The zero-order chi connectivity index (χ0) is 12.6. The zero-order valence-corrected chi connectivity index (χ0v) is 11.0. The van der Waals surface area contributed by atoms with Gasteiger partial charge >= 0.3 is 0 Å². The van der Waals surface area contributed by atoms with Crippen LogP contribution in [-0.2, 0) is 14.6 Å². The number of fused-ring (bicyclic) bond motifs is 1. The highest BCUT2D eigenvalue weighted by molar-refractivity contribution is 7.95. The molecule has 0 fully saturated rings. The molecular formula is C13H16O3S. The van der Waals surface area contributed by atoms with E-state index in [9.17, 15) is 8.42 Å². The summed E-state index contributed by atoms with van der Waals surface area (Å²) in [5, 5.41) is 1.33. The van der Waals surface area contributed by atoms with Crippen LogP contribution in [-0.4, -0.2) is 21.1 Å². The summed E-state index contributed by atoms with van der Waals surface area (Å²) in [6.45, 7) is 6.13. The van der Waals surface area contributed by atoms with Crippen molar-refractivity contribution in [2.24, 2.45) is 0 Å². The van der Waals surface area contributed by atoms with Gasteiger partial charge in [0.25, 0.3) is 0 Å². The second-order valence-corrected chi connectivity index (χ2v) is 6.26. The summed E-state index contributed by atoms with van der Waals surface area (Å²) in [5.74, 6) is 0. The van der Waals surface area contributed by atoms with Crippen molar-refractivity contribution in [2.45, 2.75) is 31.8 Å². The number of aryl methyl sites for hydroxylation is 1. The van der Waals surface area contributed by atoms with Gasteiger partial charge in [-0.2, -0.15) is 0 Å². The van der Waals surface area contributed by atoms with Crippen molar-refractivity contribution in [1.82, 2.24) is 0 Å². The largest absolute Gasteiger partial charge is 0.374 e. The second-order valence-electron chi connectivity index (χ2n) is 4.50. The van der Waals surface area contributed by atoms with Crippen LogP contribution >= 0.6 is 0 Å². The Morgan fingerprint density at radius 3 is 2.65 bits per heavy atom. The van der Waals surface area contributed by atoms with E-state index in [2.05, 4.69) is 0 Å². The van der Waals surface area contributed by atoms with Crippen LogP contribution in [0.3, 0.4) is 0 Å². The third kappa shape index (κ3) is 2.28. The minimum absolute atomic E-state index is 0.0895. The Kier molecular flexibility index (Phi) is 3.10. The van der Waals surface area contributed by atoms with E-state index >= 15 is 0 Å². The molecule has 0 aromatic heterocycles. The third-order valence-corrected chi connectivity index (χ3v) is 4.28. The average molecular weight is 252 g/mol. The normalized spacial score (nSPS) is 17.1. The lowest BCUT2D eigenvalue weighted by Crippen LogP contribution is -2.05. The van der Waals surface area contributed by atoms with Gasteiger partial charge in [-0.15, -0.1) is 0 Å². The van der Waals surface area contributed by atoms with Crippen molar-refractivity contribution in [3.05, 3.63) is 34.7 Å². The smallest absolute Gasteiger partial charge is 0.200 e. The molecule has 1 heterocycles. The molecule has 1 aliphatic heterocycles. The van der Waals surface area contributed by atoms with Gasteiger partial charge in [0.1, 0.15) is 0 Å². The molecule has 17 heavy (non-hydrogen) atoms. The molecule has 0 aliphatic carbocycles. The van der Waals surface area contributed by atoms with E-state index in [1.165, 1.54) is 5.41 Å². The molecule has 0 N–H and O–H groups in total. The lowest BCUT2D eigenvalue weighted by molar-refractivity contribution is 0.107. The molecule has 0 amide bonds. The van der Waals surface area contributed by atoms with Crippen molar-refractivity contribution in [3.63, 3.8) is 0 Å². The van der Waals surface area contributed by atoms with Crippen LogP contribution in [0.1, 0.15) is 25.0 Å². The Bertz CT molecular complexity index is 568. The molecule has 0 unspecified atom stereocenters. The predicted molar refractivity (Wildman–Crippen MR) is 67.4 cm³/mol. The summed E-state index contributed by atoms with van der Waals surface area (Å²) in [7, 11) is -3.27. The van der Waals surface area contributed by atoms with Crippen molar-refractivity contribution in [3.8, 4) is 0 Å². The number of sulfone groups is 1. The van der Waals surface area contributed by atoms with Gasteiger partial charge in [0.2, 0.25) is 9.84 Å². The fourth-order valence-corrected chi connectivity index (χ4v) is 3.49. The number of benzene rings is 1. The first kappa shape index (κ1) is 12.3. The highest BCUT2D eigenvalue weighted by atomic mass is 32.2. The highest BCUT2D eigenvalue weighted by Crippen LogP contribution is 2.35. The fourth-order valence-electron chi connectivity index (χ4n) is 1.96. The maximum absolute atomic E-state index is 11.9. The number of hydrogen-bond acceptors (Lipinski definition) is 3. The summed E-state index contributed by atoms with van der Waals surface area (Å²) in [6, 6.07) is 5.34. The van der Waals surface area contributed by atoms with Crippen molar-refractivity contribution >= 4 is 15.4 Å². The average Bonchev–Trinajstić information content (AvgIpc) is 2.49. The Hall–Kier alpha value is -1.13. The van der Waals surface area contributed by atoms with Gasteiger partial charge in [0, 0.05) is 11.0 Å². The lowest BCUT2D eigenvalue weighted by Gasteiger charge is -2.10. The van der Waals surface area contributed by atoms with Gasteiger partial charge in [-0.3, -0.25) is 0 Å². The molecule has 0 saturated carbocycles. The Morgan fingerprint density at radius 2 is 2.00 bits per heavy atom. The Morgan fingerprint density at radius 1 is 1.29 bits per heavy atom. The van der Waals surface area contributed by atoms with E-state index in [0.717, 1.165) is 16.7 Å². The summed E-state index contributed by atoms with van der Waals surface area (Å²) >= 11 is 0. The van der Waals surface area contributed by atoms with Crippen LogP contribution in [0.5, 0.6) is 0 Å². The number of rotatable bonds is 3. The van der Waals surface area contributed by atoms with Crippen molar-refractivity contribution in [2.75, 3.05) is 6.61 Å². The summed E-state index contributed by atoms with van der Waals surface area (Å²) in [4.78, 5) is 0.403. The summed E-state index contributed by atoms with van der Waals surface area (Å²) in [5.41, 5.74) is 2.54. The lowest BCUT2D eigenvalue weighted by atomic mass is 10.0. The summed E-state index contributed by atoms with van der Waals surface area (Å²) in [6.07, 6.45) is 0.0895. The van der Waals surface area contributed by atoms with Gasteiger partial charge in [-0.05, 0) is 38.0 Å². The van der Waals surface area contributed by atoms with Gasteiger partial charge in [-0.25, -0.2) is 8.42 Å². The topological polar surface area (TPSA) is 43.4 Å². The van der Waals surface area contributed by atoms with E-state index in [1.54, 1.807) is 12.1 Å². The molecule has 0 spiro atoms. The van der Waals surface area contributed by atoms with Gasteiger partial charge < -0.3 is 4.74 Å². The SMILES string of the molecule is Cc1cccc2c1C(COC(C)C)=CS2(=O)=O. The third-order valence-electron chi connectivity index (χ3n) is 2.73. The molecule has 1 aromatic carbocycles. The van der Waals surface area contributed by atoms with Crippen LogP contribution in [0.25, 0.3) is 5.57 Å². The molecule has 0 saturated heterocycles. The fraction of sp³-hybridized carbons (Fsp3) is 0.385. The van der Waals surface area contributed by atoms with Gasteiger partial charge in [0.05, 0.1) is 17.6 Å². The van der Waals surface area contributed by atoms with Crippen LogP contribution in [0.2, 0.25) is 0 Å². The molecule has 4 heteroatoms. The molecule has 0 atom stereocenters. The van der Waals surface area contributed by atoms with Crippen LogP contribution in [0.15, 0.2) is 28.5 Å². The van der Waals surface area contributed by atoms with Crippen molar-refractivity contribution < 1.29 is 13.2 Å². The van der Waals surface area contributed by atoms with E-state index in [4.69, 9.17) is 4.74 Å². The number of ether oxygens (including phenoxy) is 1. The standard InChI is InChI=1S/C13H16O3S/c1-9(2)16-7-11-8-17(14,15)12-6-4-5-10(3)13(11)12/h4-6,8-9H,7H2,1-3H3. The number of hydrogen-bond donors (Lipinski definition) is 0. The van der Waals surface area contributed by atoms with Crippen LogP contribution < -0.4 is 0 Å². The molecule has 0 radical (unpaired) electrons. The highest BCUT2D eigenvalue weighted by Gasteiger charge is 2.27. The predicted octanol–water partition coefficient (Wildman–Crippen LogP) is 2.55. The maximum atomic E-state index is 11.9. The monoisotopic (exact) mass is 252 g/mol. The van der Waals surface area contributed by atoms with Crippen LogP contribution in [0, 0.1) is 6.92 Å². The summed E-state index contributed by atoms with van der Waals surface area (Å²) < 4.78 is 29.4. The Labute approximate surface area is 102 Å². The first-order valence-corrected chi connectivity index (χ1v) is 7.13. The molecule has 2 rings (SSSR count). The minimum Gasteiger partial charge on any atom is -0.374 e. The molecule has 3 nitrogen and oxygen atoms in total.